The molecule has 0 unspecified atom stereocenters. The Bertz CT molecular complexity index is 691. The summed E-state index contributed by atoms with van der Waals surface area (Å²) in [5.74, 6) is 0.508. The molecule has 1 heterocycles. The maximum atomic E-state index is 12.5. The average molecular weight is 373 g/mol. The normalized spacial score (nSPS) is 18.7. The summed E-state index contributed by atoms with van der Waals surface area (Å²) in [6.07, 6.45) is 0.422. The lowest BCUT2D eigenvalue weighted by molar-refractivity contribution is -0.118. The fraction of sp³-hybridized carbons (Fsp3) is 0.562. The number of thioether (sulfide) groups is 1. The van der Waals surface area contributed by atoms with Crippen molar-refractivity contribution in [3.63, 3.8) is 0 Å². The molecule has 1 aromatic rings. The van der Waals surface area contributed by atoms with Crippen LogP contribution < -0.4 is 5.32 Å². The smallest absolute Gasteiger partial charge is 0.243 e. The molecule has 1 fully saturated rings. The number of ether oxygens (including phenoxy) is 1. The zero-order valence-corrected chi connectivity index (χ0v) is 15.9. The maximum Gasteiger partial charge on any atom is 0.243 e. The zero-order chi connectivity index (χ0) is 17.7. The van der Waals surface area contributed by atoms with E-state index < -0.39 is 16.1 Å². The van der Waals surface area contributed by atoms with Crippen LogP contribution in [0.25, 0.3) is 0 Å². The molecule has 0 aliphatic carbocycles. The van der Waals surface area contributed by atoms with Crippen molar-refractivity contribution >= 4 is 33.4 Å². The monoisotopic (exact) mass is 372 g/mol. The lowest BCUT2D eigenvalue weighted by atomic mass is 10.1. The SMILES string of the molecule is COCCCS(=O)(=O)N1CSC[C@H]1C(=O)Nc1ccc(C)c(C)c1. The van der Waals surface area contributed by atoms with Crippen LogP contribution in [0.3, 0.4) is 0 Å². The highest BCUT2D eigenvalue weighted by atomic mass is 32.2. The Labute approximate surface area is 148 Å². The van der Waals surface area contributed by atoms with Crippen LogP contribution in [-0.4, -0.2) is 55.8 Å². The van der Waals surface area contributed by atoms with E-state index in [1.54, 1.807) is 0 Å². The van der Waals surface area contributed by atoms with Gasteiger partial charge in [-0.1, -0.05) is 6.07 Å². The fourth-order valence-electron chi connectivity index (χ4n) is 2.46. The Morgan fingerprint density at radius 2 is 2.12 bits per heavy atom. The molecule has 6 nitrogen and oxygen atoms in total. The van der Waals surface area contributed by atoms with Gasteiger partial charge in [0.05, 0.1) is 11.6 Å². The van der Waals surface area contributed by atoms with Crippen LogP contribution in [-0.2, 0) is 19.6 Å². The van der Waals surface area contributed by atoms with Crippen molar-refractivity contribution in [1.82, 2.24) is 4.31 Å². The maximum absolute atomic E-state index is 12.5. The number of hydrogen-bond donors (Lipinski definition) is 1. The van der Waals surface area contributed by atoms with Crippen molar-refractivity contribution in [2.75, 3.05) is 36.4 Å². The largest absolute Gasteiger partial charge is 0.385 e. The minimum absolute atomic E-state index is 0.00514. The van der Waals surface area contributed by atoms with Crippen molar-refractivity contribution in [2.45, 2.75) is 26.3 Å². The minimum atomic E-state index is -3.46. The minimum Gasteiger partial charge on any atom is -0.385 e. The zero-order valence-electron chi connectivity index (χ0n) is 14.2. The molecule has 0 spiro atoms. The topological polar surface area (TPSA) is 75.7 Å². The first-order chi connectivity index (χ1) is 11.3. The van der Waals surface area contributed by atoms with E-state index in [9.17, 15) is 13.2 Å². The van der Waals surface area contributed by atoms with Crippen LogP contribution in [0.4, 0.5) is 5.69 Å². The number of carbonyl (C=O) groups excluding carboxylic acids is 1. The Morgan fingerprint density at radius 1 is 1.38 bits per heavy atom. The number of sulfonamides is 1. The third-order valence-electron chi connectivity index (χ3n) is 4.03. The molecule has 2 rings (SSSR count). The van der Waals surface area contributed by atoms with E-state index in [0.29, 0.717) is 30.3 Å². The van der Waals surface area contributed by atoms with Gasteiger partial charge in [-0.3, -0.25) is 4.79 Å². The molecular weight excluding hydrogens is 348 g/mol. The molecule has 1 aromatic carbocycles. The second kappa shape index (κ2) is 8.33. The Kier molecular flexibility index (Phi) is 6.68. The first kappa shape index (κ1) is 19.2. The molecule has 1 aliphatic rings. The van der Waals surface area contributed by atoms with Gasteiger partial charge in [0, 0.05) is 25.2 Å². The number of anilines is 1. The highest BCUT2D eigenvalue weighted by Gasteiger charge is 2.38. The van der Waals surface area contributed by atoms with Gasteiger partial charge in [0.25, 0.3) is 0 Å². The summed E-state index contributed by atoms with van der Waals surface area (Å²) in [4.78, 5) is 12.5. The lowest BCUT2D eigenvalue weighted by Crippen LogP contribution is -2.45. The molecule has 1 aliphatic heterocycles. The van der Waals surface area contributed by atoms with Crippen molar-refractivity contribution in [3.05, 3.63) is 29.3 Å². The molecule has 24 heavy (non-hydrogen) atoms. The standard InChI is InChI=1S/C16H24N2O4S2/c1-12-5-6-14(9-13(12)2)17-16(19)15-10-23-11-18(15)24(20,21)8-4-7-22-3/h5-6,9,15H,4,7-8,10-11H2,1-3H3,(H,17,19)/t15-/m0/s1. The number of nitrogens with one attached hydrogen (secondary N) is 1. The molecular formula is C16H24N2O4S2. The average Bonchev–Trinajstić information content (AvgIpc) is 3.02. The molecule has 1 N–H and O–H groups in total. The summed E-state index contributed by atoms with van der Waals surface area (Å²) in [5, 5.41) is 2.84. The van der Waals surface area contributed by atoms with Crippen molar-refractivity contribution in [1.29, 1.82) is 0 Å². The number of amides is 1. The summed E-state index contributed by atoms with van der Waals surface area (Å²) in [7, 11) is -1.92. The molecule has 8 heteroatoms. The van der Waals surface area contributed by atoms with Gasteiger partial charge in [0.2, 0.25) is 15.9 Å². The van der Waals surface area contributed by atoms with Gasteiger partial charge < -0.3 is 10.1 Å². The Balaban J connectivity index is 2.06. The molecule has 1 amide bonds. The van der Waals surface area contributed by atoms with Crippen molar-refractivity contribution < 1.29 is 17.9 Å². The summed E-state index contributed by atoms with van der Waals surface area (Å²) in [5.41, 5.74) is 2.92. The predicted octanol–water partition coefficient (Wildman–Crippen LogP) is 1.98. The van der Waals surface area contributed by atoms with E-state index in [1.165, 1.54) is 23.2 Å². The van der Waals surface area contributed by atoms with Gasteiger partial charge >= 0.3 is 0 Å². The second-order valence-corrected chi connectivity index (χ2v) is 8.89. The molecule has 0 aromatic heterocycles. The molecule has 0 bridgehead atoms. The predicted molar refractivity (Wildman–Crippen MR) is 97.8 cm³/mol. The summed E-state index contributed by atoms with van der Waals surface area (Å²) < 4.78 is 31.1. The van der Waals surface area contributed by atoms with Gasteiger partial charge in [-0.05, 0) is 43.5 Å². The van der Waals surface area contributed by atoms with Gasteiger partial charge in [-0.2, -0.15) is 4.31 Å². The van der Waals surface area contributed by atoms with E-state index in [4.69, 9.17) is 4.74 Å². The van der Waals surface area contributed by atoms with Crippen LogP contribution in [0, 0.1) is 13.8 Å². The van der Waals surface area contributed by atoms with E-state index in [2.05, 4.69) is 5.32 Å². The van der Waals surface area contributed by atoms with Gasteiger partial charge in [0.1, 0.15) is 6.04 Å². The fourth-order valence-corrected chi connectivity index (χ4v) is 5.71. The highest BCUT2D eigenvalue weighted by Crippen LogP contribution is 2.26. The second-order valence-electron chi connectivity index (χ2n) is 5.85. The number of methoxy groups -OCH3 is 1. The van der Waals surface area contributed by atoms with Crippen LogP contribution in [0.1, 0.15) is 17.5 Å². The number of aryl methyl sites for hydroxylation is 2. The van der Waals surface area contributed by atoms with Gasteiger partial charge in [-0.25, -0.2) is 8.42 Å². The van der Waals surface area contributed by atoms with Crippen LogP contribution in [0.2, 0.25) is 0 Å². The quantitative estimate of drug-likeness (QED) is 0.741. The van der Waals surface area contributed by atoms with Crippen LogP contribution in [0.15, 0.2) is 18.2 Å². The lowest BCUT2D eigenvalue weighted by Gasteiger charge is -2.22. The molecule has 134 valence electrons. The van der Waals surface area contributed by atoms with Crippen LogP contribution in [0.5, 0.6) is 0 Å². The number of carbonyl (C=O) groups is 1. The van der Waals surface area contributed by atoms with E-state index in [1.807, 2.05) is 32.0 Å². The van der Waals surface area contributed by atoms with Crippen molar-refractivity contribution in [2.24, 2.45) is 0 Å². The molecule has 0 radical (unpaired) electrons. The van der Waals surface area contributed by atoms with Gasteiger partial charge in [-0.15, -0.1) is 11.8 Å². The summed E-state index contributed by atoms with van der Waals surface area (Å²) >= 11 is 1.46. The first-order valence-corrected chi connectivity index (χ1v) is 10.6. The number of benzene rings is 1. The molecule has 1 atom stereocenters. The third kappa shape index (κ3) is 4.72. The summed E-state index contributed by atoms with van der Waals surface area (Å²) in [6.45, 7) is 4.37. The number of nitrogens with zero attached hydrogens (tertiary/aromatic N) is 1. The summed E-state index contributed by atoms with van der Waals surface area (Å²) in [6, 6.07) is 5.00. The third-order valence-corrected chi connectivity index (χ3v) is 7.11. The number of rotatable bonds is 7. The van der Waals surface area contributed by atoms with E-state index >= 15 is 0 Å². The Hall–Kier alpha value is -1.09. The van der Waals surface area contributed by atoms with Gasteiger partial charge in [0.15, 0.2) is 0 Å². The number of hydrogen-bond acceptors (Lipinski definition) is 5. The van der Waals surface area contributed by atoms with E-state index in [0.717, 1.165) is 11.1 Å². The molecule has 0 saturated carbocycles. The Morgan fingerprint density at radius 3 is 2.79 bits per heavy atom. The highest BCUT2D eigenvalue weighted by molar-refractivity contribution is 8.00. The van der Waals surface area contributed by atoms with Crippen LogP contribution >= 0.6 is 11.8 Å². The van der Waals surface area contributed by atoms with E-state index in [-0.39, 0.29) is 11.7 Å². The molecule has 1 saturated heterocycles. The van der Waals surface area contributed by atoms with Crippen molar-refractivity contribution in [3.8, 4) is 0 Å². The first-order valence-electron chi connectivity index (χ1n) is 7.79.